The molecule has 1 spiro atoms. The fourth-order valence-electron chi connectivity index (χ4n) is 4.45. The molecule has 1 saturated heterocycles. The fraction of sp³-hybridized carbons (Fsp3) is 0.385. The van der Waals surface area contributed by atoms with Crippen LogP contribution >= 0.6 is 0 Å². The molecule has 0 N–H and O–H groups in total. The molecule has 2 aliphatic heterocycles. The Morgan fingerprint density at radius 2 is 1.84 bits per heavy atom. The van der Waals surface area contributed by atoms with E-state index in [-0.39, 0.29) is 18.3 Å². The van der Waals surface area contributed by atoms with E-state index in [2.05, 4.69) is 6.58 Å². The third-order valence-corrected chi connectivity index (χ3v) is 6.11. The van der Waals surface area contributed by atoms with Crippen LogP contribution < -0.4 is 14.2 Å². The smallest absolute Gasteiger partial charge is 0.260 e. The normalized spacial score (nSPS) is 16.8. The number of ether oxygens (including phenoxy) is 3. The van der Waals surface area contributed by atoms with E-state index in [0.717, 1.165) is 11.1 Å². The second-order valence-corrected chi connectivity index (χ2v) is 8.56. The molecule has 0 unspecified atom stereocenters. The van der Waals surface area contributed by atoms with Gasteiger partial charge in [-0.2, -0.15) is 0 Å². The molecule has 2 aromatic carbocycles. The second-order valence-electron chi connectivity index (χ2n) is 8.56. The zero-order valence-electron chi connectivity index (χ0n) is 18.7. The minimum absolute atomic E-state index is 0.0670. The molecular formula is C26H29NO5. The summed E-state index contributed by atoms with van der Waals surface area (Å²) in [6.45, 7) is 8.97. The SMILES string of the molecule is C=CCOc1ccccc1OCC(=O)N1CCC2(CC1)CC(=O)c1cc(C)cc(C)c1O2. The maximum atomic E-state index is 12.8. The van der Waals surface area contributed by atoms with Crippen molar-refractivity contribution in [1.82, 2.24) is 4.90 Å². The number of rotatable bonds is 6. The number of hydrogen-bond donors (Lipinski definition) is 0. The van der Waals surface area contributed by atoms with Crippen LogP contribution in [-0.2, 0) is 4.79 Å². The number of amides is 1. The first-order valence-electron chi connectivity index (χ1n) is 11.0. The van der Waals surface area contributed by atoms with Crippen molar-refractivity contribution in [2.75, 3.05) is 26.3 Å². The van der Waals surface area contributed by atoms with Crippen molar-refractivity contribution in [2.24, 2.45) is 0 Å². The standard InChI is InChI=1S/C26H29NO5/c1-4-13-30-22-7-5-6-8-23(22)31-17-24(29)27-11-9-26(10-12-27)16-21(28)20-15-18(2)14-19(3)25(20)32-26/h4-8,14-15H,1,9-13,16-17H2,2-3H3. The van der Waals surface area contributed by atoms with Gasteiger partial charge in [-0.25, -0.2) is 0 Å². The second kappa shape index (κ2) is 9.07. The van der Waals surface area contributed by atoms with Gasteiger partial charge in [0.2, 0.25) is 0 Å². The number of likely N-dealkylation sites (tertiary alicyclic amines) is 1. The van der Waals surface area contributed by atoms with Gasteiger partial charge in [-0.3, -0.25) is 9.59 Å². The predicted octanol–water partition coefficient (Wildman–Crippen LogP) is 4.27. The Labute approximate surface area is 188 Å². The summed E-state index contributed by atoms with van der Waals surface area (Å²) in [4.78, 5) is 27.4. The molecule has 2 aliphatic rings. The summed E-state index contributed by atoms with van der Waals surface area (Å²) in [6.07, 6.45) is 3.26. The molecular weight excluding hydrogens is 406 g/mol. The van der Waals surface area contributed by atoms with Crippen LogP contribution in [-0.4, -0.2) is 48.5 Å². The quantitative estimate of drug-likeness (QED) is 0.634. The van der Waals surface area contributed by atoms with E-state index in [1.54, 1.807) is 23.1 Å². The van der Waals surface area contributed by atoms with E-state index in [1.807, 2.05) is 38.1 Å². The molecule has 6 nitrogen and oxygen atoms in total. The van der Waals surface area contributed by atoms with Gasteiger partial charge in [-0.05, 0) is 43.2 Å². The lowest BCUT2D eigenvalue weighted by molar-refractivity contribution is -0.137. The summed E-state index contributed by atoms with van der Waals surface area (Å²) in [7, 11) is 0. The zero-order chi connectivity index (χ0) is 22.7. The summed E-state index contributed by atoms with van der Waals surface area (Å²) in [5.74, 6) is 1.84. The van der Waals surface area contributed by atoms with Crippen molar-refractivity contribution in [1.29, 1.82) is 0 Å². The van der Waals surface area contributed by atoms with Crippen LogP contribution in [0.2, 0.25) is 0 Å². The molecule has 6 heteroatoms. The largest absolute Gasteiger partial charge is 0.486 e. The van der Waals surface area contributed by atoms with Gasteiger partial charge in [0.25, 0.3) is 5.91 Å². The van der Waals surface area contributed by atoms with Gasteiger partial charge >= 0.3 is 0 Å². The third kappa shape index (κ3) is 4.49. The summed E-state index contributed by atoms with van der Waals surface area (Å²) < 4.78 is 17.7. The molecule has 1 fully saturated rings. The number of para-hydroxylation sites is 2. The Balaban J connectivity index is 1.36. The van der Waals surface area contributed by atoms with Crippen LogP contribution in [0.1, 0.15) is 40.7 Å². The van der Waals surface area contributed by atoms with Crippen LogP contribution in [0, 0.1) is 13.8 Å². The number of fused-ring (bicyclic) bond motifs is 1. The highest BCUT2D eigenvalue weighted by Gasteiger charge is 2.44. The van der Waals surface area contributed by atoms with Crippen molar-refractivity contribution in [3.05, 3.63) is 65.7 Å². The maximum Gasteiger partial charge on any atom is 0.260 e. The Morgan fingerprint density at radius 3 is 2.53 bits per heavy atom. The van der Waals surface area contributed by atoms with Crippen molar-refractivity contribution in [3.63, 3.8) is 0 Å². The molecule has 0 radical (unpaired) electrons. The maximum absolute atomic E-state index is 12.8. The number of nitrogens with zero attached hydrogens (tertiary/aromatic N) is 1. The van der Waals surface area contributed by atoms with Gasteiger partial charge in [0.1, 0.15) is 18.0 Å². The lowest BCUT2D eigenvalue weighted by Crippen LogP contribution is -2.53. The number of aryl methyl sites for hydroxylation is 2. The first kappa shape index (κ1) is 21.9. The summed E-state index contributed by atoms with van der Waals surface area (Å²) in [5.41, 5.74) is 2.19. The molecule has 4 rings (SSSR count). The molecule has 2 aromatic rings. The number of carbonyl (C=O) groups is 2. The molecule has 168 valence electrons. The molecule has 0 aromatic heterocycles. The van der Waals surface area contributed by atoms with Crippen molar-refractivity contribution < 1.29 is 23.8 Å². The van der Waals surface area contributed by atoms with Gasteiger partial charge in [-0.15, -0.1) is 0 Å². The van der Waals surface area contributed by atoms with Crippen LogP contribution in [0.15, 0.2) is 49.1 Å². The van der Waals surface area contributed by atoms with Crippen LogP contribution in [0.25, 0.3) is 0 Å². The van der Waals surface area contributed by atoms with Crippen LogP contribution in [0.4, 0.5) is 0 Å². The Bertz CT molecular complexity index is 1040. The van der Waals surface area contributed by atoms with Crippen LogP contribution in [0.3, 0.4) is 0 Å². The van der Waals surface area contributed by atoms with E-state index in [4.69, 9.17) is 14.2 Å². The average Bonchev–Trinajstić information content (AvgIpc) is 2.78. The topological polar surface area (TPSA) is 65.1 Å². The summed E-state index contributed by atoms with van der Waals surface area (Å²) in [5, 5.41) is 0. The number of benzene rings is 2. The van der Waals surface area contributed by atoms with E-state index >= 15 is 0 Å². The zero-order valence-corrected chi connectivity index (χ0v) is 18.7. The van der Waals surface area contributed by atoms with Gasteiger partial charge in [-0.1, -0.05) is 30.9 Å². The fourth-order valence-corrected chi connectivity index (χ4v) is 4.45. The van der Waals surface area contributed by atoms with Crippen molar-refractivity contribution in [3.8, 4) is 17.2 Å². The molecule has 0 aliphatic carbocycles. The molecule has 0 atom stereocenters. The van der Waals surface area contributed by atoms with Crippen LogP contribution in [0.5, 0.6) is 17.2 Å². The number of hydrogen-bond acceptors (Lipinski definition) is 5. The van der Waals surface area contributed by atoms with E-state index in [0.29, 0.717) is 61.8 Å². The first-order valence-corrected chi connectivity index (χ1v) is 11.0. The van der Waals surface area contributed by atoms with Crippen molar-refractivity contribution >= 4 is 11.7 Å². The Kier molecular flexibility index (Phi) is 6.21. The number of ketones is 1. The molecule has 2 heterocycles. The molecule has 0 saturated carbocycles. The molecule has 1 amide bonds. The minimum Gasteiger partial charge on any atom is -0.486 e. The minimum atomic E-state index is -0.535. The number of piperidine rings is 1. The summed E-state index contributed by atoms with van der Waals surface area (Å²) >= 11 is 0. The average molecular weight is 436 g/mol. The Morgan fingerprint density at radius 1 is 1.16 bits per heavy atom. The number of carbonyl (C=O) groups excluding carboxylic acids is 2. The summed E-state index contributed by atoms with van der Waals surface area (Å²) in [6, 6.07) is 11.2. The van der Waals surface area contributed by atoms with Gasteiger partial charge in [0.05, 0.1) is 12.0 Å². The highest BCUT2D eigenvalue weighted by molar-refractivity contribution is 6.01. The number of Topliss-reactive ketones (excluding diaryl/α,β-unsaturated/α-hetero) is 1. The molecule has 32 heavy (non-hydrogen) atoms. The van der Waals surface area contributed by atoms with Crippen molar-refractivity contribution in [2.45, 2.75) is 38.7 Å². The van der Waals surface area contributed by atoms with Gasteiger partial charge in [0, 0.05) is 25.9 Å². The lowest BCUT2D eigenvalue weighted by Gasteiger charge is -2.44. The monoisotopic (exact) mass is 435 g/mol. The van der Waals surface area contributed by atoms with E-state index in [9.17, 15) is 9.59 Å². The predicted molar refractivity (Wildman–Crippen MR) is 122 cm³/mol. The Hall–Kier alpha value is -3.28. The molecule has 0 bridgehead atoms. The van der Waals surface area contributed by atoms with E-state index < -0.39 is 5.60 Å². The lowest BCUT2D eigenvalue weighted by atomic mass is 9.81. The highest BCUT2D eigenvalue weighted by atomic mass is 16.5. The van der Waals surface area contributed by atoms with Gasteiger partial charge < -0.3 is 19.1 Å². The first-order chi connectivity index (χ1) is 15.4. The van der Waals surface area contributed by atoms with E-state index in [1.165, 1.54) is 0 Å². The third-order valence-electron chi connectivity index (χ3n) is 6.11. The highest BCUT2D eigenvalue weighted by Crippen LogP contribution is 2.41. The van der Waals surface area contributed by atoms with Gasteiger partial charge in [0.15, 0.2) is 23.9 Å².